The second-order valence-electron chi connectivity index (χ2n) is 6.47. The minimum atomic E-state index is 0.195. The first-order valence-electron chi connectivity index (χ1n) is 7.76. The molecule has 0 spiro atoms. The van der Waals surface area contributed by atoms with Crippen molar-refractivity contribution in [2.24, 2.45) is 5.92 Å². The second-order valence-corrected chi connectivity index (χ2v) is 6.47. The van der Waals surface area contributed by atoms with E-state index in [1.165, 1.54) is 11.1 Å². The zero-order valence-electron chi connectivity index (χ0n) is 12.4. The average Bonchev–Trinajstić information content (AvgIpc) is 3.10. The minimum Gasteiger partial charge on any atom is -0.352 e. The molecule has 20 heavy (non-hydrogen) atoms. The molecule has 0 bridgehead atoms. The Morgan fingerprint density at radius 2 is 2.05 bits per heavy atom. The SMILES string of the molecule is CC(C)c1ccc(C2CC2C(=O)NC2CCNC2)cc1. The summed E-state index contributed by atoms with van der Waals surface area (Å²) in [5, 5.41) is 6.45. The summed E-state index contributed by atoms with van der Waals surface area (Å²) in [6.45, 7) is 6.36. The van der Waals surface area contributed by atoms with Crippen molar-refractivity contribution in [2.45, 2.75) is 44.6 Å². The lowest BCUT2D eigenvalue weighted by Crippen LogP contribution is -2.37. The van der Waals surface area contributed by atoms with Gasteiger partial charge in [-0.15, -0.1) is 0 Å². The van der Waals surface area contributed by atoms with Crippen molar-refractivity contribution in [1.29, 1.82) is 0 Å². The van der Waals surface area contributed by atoms with Crippen molar-refractivity contribution >= 4 is 5.91 Å². The highest BCUT2D eigenvalue weighted by Gasteiger charge is 2.44. The van der Waals surface area contributed by atoms with Gasteiger partial charge in [-0.1, -0.05) is 38.1 Å². The molecule has 108 valence electrons. The van der Waals surface area contributed by atoms with Crippen LogP contribution in [0.3, 0.4) is 0 Å². The van der Waals surface area contributed by atoms with E-state index in [4.69, 9.17) is 0 Å². The lowest BCUT2D eigenvalue weighted by molar-refractivity contribution is -0.123. The molecule has 3 heteroatoms. The Kier molecular flexibility index (Phi) is 3.79. The largest absolute Gasteiger partial charge is 0.352 e. The van der Waals surface area contributed by atoms with Crippen LogP contribution in [0.15, 0.2) is 24.3 Å². The van der Waals surface area contributed by atoms with Crippen LogP contribution in [-0.4, -0.2) is 25.0 Å². The maximum absolute atomic E-state index is 12.2. The molecule has 1 amide bonds. The lowest BCUT2D eigenvalue weighted by atomic mass is 10.00. The molecular weight excluding hydrogens is 248 g/mol. The van der Waals surface area contributed by atoms with Crippen LogP contribution in [0.2, 0.25) is 0 Å². The van der Waals surface area contributed by atoms with Crippen molar-refractivity contribution in [3.63, 3.8) is 0 Å². The first kappa shape index (κ1) is 13.6. The predicted octanol–water partition coefficient (Wildman–Crippen LogP) is 2.39. The monoisotopic (exact) mass is 272 g/mol. The fraction of sp³-hybridized carbons (Fsp3) is 0.588. The summed E-state index contributed by atoms with van der Waals surface area (Å²) in [5.41, 5.74) is 2.69. The van der Waals surface area contributed by atoms with Gasteiger partial charge in [0.25, 0.3) is 0 Å². The molecule has 2 aliphatic rings. The first-order valence-corrected chi connectivity index (χ1v) is 7.76. The molecule has 1 aromatic rings. The molecule has 3 unspecified atom stereocenters. The first-order chi connectivity index (χ1) is 9.65. The molecule has 1 aromatic carbocycles. The van der Waals surface area contributed by atoms with Crippen LogP contribution >= 0.6 is 0 Å². The van der Waals surface area contributed by atoms with Gasteiger partial charge in [-0.25, -0.2) is 0 Å². The van der Waals surface area contributed by atoms with Crippen molar-refractivity contribution in [3.8, 4) is 0 Å². The topological polar surface area (TPSA) is 41.1 Å². The molecule has 0 radical (unpaired) electrons. The summed E-state index contributed by atoms with van der Waals surface area (Å²) in [5.74, 6) is 1.44. The summed E-state index contributed by atoms with van der Waals surface area (Å²) in [4.78, 5) is 12.2. The van der Waals surface area contributed by atoms with E-state index in [1.807, 2.05) is 0 Å². The highest BCUT2D eigenvalue weighted by Crippen LogP contribution is 2.47. The van der Waals surface area contributed by atoms with Crippen LogP contribution < -0.4 is 10.6 Å². The number of carbonyl (C=O) groups is 1. The molecule has 0 aromatic heterocycles. The summed E-state index contributed by atoms with van der Waals surface area (Å²) in [7, 11) is 0. The third kappa shape index (κ3) is 2.88. The summed E-state index contributed by atoms with van der Waals surface area (Å²) in [6, 6.07) is 9.14. The maximum Gasteiger partial charge on any atom is 0.224 e. The van der Waals surface area contributed by atoms with Gasteiger partial charge in [0.15, 0.2) is 0 Å². The number of rotatable bonds is 4. The average molecular weight is 272 g/mol. The molecule has 2 fully saturated rings. The Bertz CT molecular complexity index is 474. The van der Waals surface area contributed by atoms with Crippen molar-refractivity contribution in [1.82, 2.24) is 10.6 Å². The third-order valence-corrected chi connectivity index (χ3v) is 4.57. The summed E-state index contributed by atoms with van der Waals surface area (Å²) >= 11 is 0. The lowest BCUT2D eigenvalue weighted by Gasteiger charge is -2.11. The van der Waals surface area contributed by atoms with Gasteiger partial charge in [0.05, 0.1) is 0 Å². The Morgan fingerprint density at radius 1 is 1.30 bits per heavy atom. The van der Waals surface area contributed by atoms with Crippen molar-refractivity contribution < 1.29 is 4.79 Å². The zero-order chi connectivity index (χ0) is 14.1. The second kappa shape index (κ2) is 5.57. The van der Waals surface area contributed by atoms with Gasteiger partial charge in [0.2, 0.25) is 5.91 Å². The third-order valence-electron chi connectivity index (χ3n) is 4.57. The normalized spacial score (nSPS) is 28.6. The number of carbonyl (C=O) groups excluding carboxylic acids is 1. The van der Waals surface area contributed by atoms with Crippen LogP contribution in [0.4, 0.5) is 0 Å². The molecule has 1 aliphatic heterocycles. The van der Waals surface area contributed by atoms with E-state index in [-0.39, 0.29) is 11.8 Å². The molecule has 1 aliphatic carbocycles. The van der Waals surface area contributed by atoms with E-state index in [2.05, 4.69) is 48.7 Å². The molecule has 3 rings (SSSR count). The summed E-state index contributed by atoms with van der Waals surface area (Å²) in [6.07, 6.45) is 2.07. The molecule has 1 saturated heterocycles. The molecular formula is C17H24N2O. The molecule has 1 heterocycles. The van der Waals surface area contributed by atoms with Gasteiger partial charge < -0.3 is 10.6 Å². The van der Waals surface area contributed by atoms with Gasteiger partial charge in [-0.2, -0.15) is 0 Å². The predicted molar refractivity (Wildman–Crippen MR) is 80.8 cm³/mol. The molecule has 2 N–H and O–H groups in total. The van der Waals surface area contributed by atoms with Gasteiger partial charge in [-0.05, 0) is 42.3 Å². The van der Waals surface area contributed by atoms with E-state index in [9.17, 15) is 4.79 Å². The highest BCUT2D eigenvalue weighted by molar-refractivity contribution is 5.83. The smallest absolute Gasteiger partial charge is 0.224 e. The van der Waals surface area contributed by atoms with E-state index in [1.54, 1.807) is 0 Å². The van der Waals surface area contributed by atoms with Crippen LogP contribution in [-0.2, 0) is 4.79 Å². The summed E-state index contributed by atoms with van der Waals surface area (Å²) < 4.78 is 0. The molecule has 3 nitrogen and oxygen atoms in total. The minimum absolute atomic E-state index is 0.195. The number of benzene rings is 1. The van der Waals surface area contributed by atoms with Crippen LogP contribution in [0.25, 0.3) is 0 Å². The Labute approximate surface area is 121 Å². The Balaban J connectivity index is 1.56. The van der Waals surface area contributed by atoms with Crippen LogP contribution in [0.1, 0.15) is 49.7 Å². The standard InChI is InChI=1S/C17H24N2O/c1-11(2)12-3-5-13(6-4-12)15-9-16(15)17(20)19-14-7-8-18-10-14/h3-6,11,14-16,18H,7-10H2,1-2H3,(H,19,20). The Morgan fingerprint density at radius 3 is 2.65 bits per heavy atom. The van der Waals surface area contributed by atoms with Gasteiger partial charge in [-0.3, -0.25) is 4.79 Å². The number of nitrogens with one attached hydrogen (secondary N) is 2. The van der Waals surface area contributed by atoms with Gasteiger partial charge in [0, 0.05) is 18.5 Å². The zero-order valence-corrected chi connectivity index (χ0v) is 12.4. The Hall–Kier alpha value is -1.35. The number of hydrogen-bond donors (Lipinski definition) is 2. The van der Waals surface area contributed by atoms with Gasteiger partial charge in [0.1, 0.15) is 0 Å². The van der Waals surface area contributed by atoms with E-state index in [0.29, 0.717) is 17.9 Å². The van der Waals surface area contributed by atoms with Gasteiger partial charge >= 0.3 is 0 Å². The van der Waals surface area contributed by atoms with Crippen LogP contribution in [0, 0.1) is 5.92 Å². The fourth-order valence-corrected chi connectivity index (χ4v) is 3.07. The molecule has 3 atom stereocenters. The fourth-order valence-electron chi connectivity index (χ4n) is 3.07. The van der Waals surface area contributed by atoms with Crippen LogP contribution in [0.5, 0.6) is 0 Å². The number of hydrogen-bond acceptors (Lipinski definition) is 2. The number of amides is 1. The van der Waals surface area contributed by atoms with E-state index < -0.39 is 0 Å². The quantitative estimate of drug-likeness (QED) is 0.883. The maximum atomic E-state index is 12.2. The van der Waals surface area contributed by atoms with E-state index >= 15 is 0 Å². The highest BCUT2D eigenvalue weighted by atomic mass is 16.2. The van der Waals surface area contributed by atoms with Crippen molar-refractivity contribution in [3.05, 3.63) is 35.4 Å². The van der Waals surface area contributed by atoms with Crippen molar-refractivity contribution in [2.75, 3.05) is 13.1 Å². The van der Waals surface area contributed by atoms with E-state index in [0.717, 1.165) is 25.9 Å². The molecule has 1 saturated carbocycles.